The summed E-state index contributed by atoms with van der Waals surface area (Å²) in [6, 6.07) is 14.3. The van der Waals surface area contributed by atoms with Gasteiger partial charge in [0, 0.05) is 122 Å². The number of nitrogens with zero attached hydrogens (tertiary/aromatic N) is 7. The maximum atomic E-state index is 13.2. The zero-order chi connectivity index (χ0) is 48.8. The van der Waals surface area contributed by atoms with Crippen LogP contribution in [0.3, 0.4) is 0 Å². The number of aliphatic hydroxyl groups excluding tert-OH is 1. The number of anilines is 1. The van der Waals surface area contributed by atoms with E-state index in [0.29, 0.717) is 63.3 Å². The lowest BCUT2D eigenvalue weighted by molar-refractivity contribution is -0.135. The predicted molar refractivity (Wildman–Crippen MR) is 272 cm³/mol. The summed E-state index contributed by atoms with van der Waals surface area (Å²) in [5, 5.41) is 20.1. The molecular formula is C53H74N10O7. The Hall–Kier alpha value is -5.46. The number of piperazine rings is 1. The van der Waals surface area contributed by atoms with E-state index in [0.717, 1.165) is 150 Å². The Morgan fingerprint density at radius 1 is 0.857 bits per heavy atom. The summed E-state index contributed by atoms with van der Waals surface area (Å²) in [6.45, 7) is 11.8. The van der Waals surface area contributed by atoms with Crippen LogP contribution in [0.15, 0.2) is 59.7 Å². The molecule has 1 saturated carbocycles. The number of carbonyl (C=O) groups is 3. The number of aliphatic hydroxyl groups is 1. The van der Waals surface area contributed by atoms with Gasteiger partial charge >= 0.3 is 5.69 Å². The van der Waals surface area contributed by atoms with Gasteiger partial charge in [-0.15, -0.1) is 0 Å². The Bertz CT molecular complexity index is 2570. The minimum absolute atomic E-state index is 0.0934. The first-order chi connectivity index (χ1) is 34.2. The molecule has 1 unspecified atom stereocenters. The van der Waals surface area contributed by atoms with Gasteiger partial charge in [0.25, 0.3) is 0 Å². The number of nitrogens with one attached hydrogen (secondary N) is 3. The number of piperidine rings is 1. The van der Waals surface area contributed by atoms with Crippen LogP contribution in [-0.2, 0) is 43.9 Å². The molecule has 2 aliphatic heterocycles. The molecular weight excluding hydrogens is 889 g/mol. The number of ether oxygens (including phenoxy) is 2. The van der Waals surface area contributed by atoms with Crippen molar-refractivity contribution in [2.75, 3.05) is 77.6 Å². The van der Waals surface area contributed by atoms with E-state index >= 15 is 0 Å². The van der Waals surface area contributed by atoms with Crippen molar-refractivity contribution < 1.29 is 29.0 Å². The van der Waals surface area contributed by atoms with E-state index in [1.54, 1.807) is 11.6 Å². The largest absolute Gasteiger partial charge is 0.393 e. The fraction of sp³-hybridized carbons (Fsp3) is 0.585. The third-order valence-electron chi connectivity index (χ3n) is 14.3. The monoisotopic (exact) mass is 963 g/mol. The van der Waals surface area contributed by atoms with Crippen LogP contribution < -0.4 is 21.6 Å². The van der Waals surface area contributed by atoms with Crippen molar-refractivity contribution >= 4 is 45.7 Å². The summed E-state index contributed by atoms with van der Waals surface area (Å²) in [4.78, 5) is 64.6. The summed E-state index contributed by atoms with van der Waals surface area (Å²) in [5.41, 5.74) is 6.83. The molecule has 3 aromatic heterocycles. The molecule has 70 heavy (non-hydrogen) atoms. The first kappa shape index (κ1) is 50.9. The van der Waals surface area contributed by atoms with Gasteiger partial charge in [-0.3, -0.25) is 33.7 Å². The Morgan fingerprint density at radius 3 is 2.36 bits per heavy atom. The van der Waals surface area contributed by atoms with Crippen LogP contribution >= 0.6 is 0 Å². The van der Waals surface area contributed by atoms with E-state index in [9.17, 15) is 24.3 Å². The molecule has 17 nitrogen and oxygen atoms in total. The third-order valence-corrected chi connectivity index (χ3v) is 14.3. The first-order valence-electron chi connectivity index (χ1n) is 25.9. The maximum Gasteiger partial charge on any atom is 0.329 e. The van der Waals surface area contributed by atoms with Gasteiger partial charge in [-0.1, -0.05) is 49.7 Å². The molecule has 5 heterocycles. The zero-order valence-corrected chi connectivity index (χ0v) is 41.3. The molecule has 0 radical (unpaired) electrons. The summed E-state index contributed by atoms with van der Waals surface area (Å²) < 4.78 is 17.1. The molecule has 3 amide bonds. The molecule has 0 spiro atoms. The highest BCUT2D eigenvalue weighted by Crippen LogP contribution is 2.37. The lowest BCUT2D eigenvalue weighted by Gasteiger charge is -2.34. The average Bonchev–Trinajstić information content (AvgIpc) is 3.86. The van der Waals surface area contributed by atoms with Crippen molar-refractivity contribution in [3.05, 3.63) is 76.5 Å². The lowest BCUT2D eigenvalue weighted by atomic mass is 9.93. The van der Waals surface area contributed by atoms with E-state index in [1.165, 1.54) is 10.1 Å². The van der Waals surface area contributed by atoms with Crippen molar-refractivity contribution in [2.24, 2.45) is 7.05 Å². The summed E-state index contributed by atoms with van der Waals surface area (Å²) in [5.74, 6) is 0.0262. The van der Waals surface area contributed by atoms with Crippen molar-refractivity contribution in [3.63, 3.8) is 0 Å². The summed E-state index contributed by atoms with van der Waals surface area (Å²) in [7, 11) is 1.72. The van der Waals surface area contributed by atoms with Crippen molar-refractivity contribution in [1.82, 2.24) is 44.1 Å². The molecule has 0 bridgehead atoms. The van der Waals surface area contributed by atoms with Gasteiger partial charge in [0.05, 0.1) is 17.1 Å². The second-order valence-electron chi connectivity index (χ2n) is 19.4. The van der Waals surface area contributed by atoms with Crippen LogP contribution in [0.25, 0.3) is 33.2 Å². The SMILES string of the molecule is CCCCNc1ncc2c(-c3ccc(CN4CCN(CCCC(=O)NCCCOCCCOCCCc5cccc6c5n(C)c(=O)n6C5CCC(=O)NC5=O)CC4)cc3)cn([C@H]3CC[C@H](O)CC3)c2n1. The van der Waals surface area contributed by atoms with E-state index in [-0.39, 0.29) is 30.0 Å². The molecule has 2 aromatic carbocycles. The van der Waals surface area contributed by atoms with Gasteiger partial charge < -0.3 is 34.7 Å². The molecule has 17 heteroatoms. The van der Waals surface area contributed by atoms with Gasteiger partial charge in [-0.2, -0.15) is 4.98 Å². The van der Waals surface area contributed by atoms with Crippen LogP contribution in [-0.4, -0.2) is 135 Å². The van der Waals surface area contributed by atoms with E-state index < -0.39 is 11.9 Å². The first-order valence-corrected chi connectivity index (χ1v) is 25.9. The number of amides is 3. The number of rotatable bonds is 25. The number of imidazole rings is 1. The minimum atomic E-state index is -0.699. The smallest absolute Gasteiger partial charge is 0.329 e. The van der Waals surface area contributed by atoms with Crippen molar-refractivity contribution in [2.45, 2.75) is 122 Å². The van der Waals surface area contributed by atoms with Crippen LogP contribution in [0, 0.1) is 0 Å². The number of carbonyl (C=O) groups excluding carboxylic acids is 3. The van der Waals surface area contributed by atoms with Crippen LogP contribution in [0.4, 0.5) is 5.95 Å². The Kier molecular flexibility index (Phi) is 18.2. The van der Waals surface area contributed by atoms with Crippen molar-refractivity contribution in [1.29, 1.82) is 0 Å². The minimum Gasteiger partial charge on any atom is -0.393 e. The molecule has 378 valence electrons. The normalized spacial score (nSPS) is 19.3. The molecule has 8 rings (SSSR count). The summed E-state index contributed by atoms with van der Waals surface area (Å²) >= 11 is 0. The van der Waals surface area contributed by atoms with Gasteiger partial charge in [0.2, 0.25) is 23.7 Å². The van der Waals surface area contributed by atoms with E-state index in [2.05, 4.69) is 67.7 Å². The number of hydrogen-bond donors (Lipinski definition) is 4. The predicted octanol–water partition coefficient (Wildman–Crippen LogP) is 5.88. The number of para-hydroxylation sites is 1. The zero-order valence-electron chi connectivity index (χ0n) is 41.3. The topological polar surface area (TPSA) is 190 Å². The average molecular weight is 963 g/mol. The van der Waals surface area contributed by atoms with Gasteiger partial charge in [0.15, 0.2) is 0 Å². The number of benzene rings is 2. The molecule has 3 aliphatic rings. The fourth-order valence-electron chi connectivity index (χ4n) is 10.3. The number of aryl methyl sites for hydroxylation is 2. The number of fused-ring (bicyclic) bond motifs is 2. The fourth-order valence-corrected chi connectivity index (χ4v) is 10.3. The Labute approximate surface area is 411 Å². The molecule has 1 atom stereocenters. The van der Waals surface area contributed by atoms with E-state index in [4.69, 9.17) is 19.4 Å². The molecule has 3 fully saturated rings. The third kappa shape index (κ3) is 13.1. The highest BCUT2D eigenvalue weighted by molar-refractivity contribution is 6.00. The van der Waals surface area contributed by atoms with E-state index in [1.807, 2.05) is 24.4 Å². The van der Waals surface area contributed by atoms with Crippen LogP contribution in [0.1, 0.15) is 114 Å². The maximum absolute atomic E-state index is 13.2. The molecule has 5 aromatic rings. The number of hydrogen-bond acceptors (Lipinski definition) is 12. The Morgan fingerprint density at radius 2 is 1.60 bits per heavy atom. The number of unbranched alkanes of at least 4 members (excludes halogenated alkanes) is 1. The molecule has 2 saturated heterocycles. The van der Waals surface area contributed by atoms with Crippen LogP contribution in [0.2, 0.25) is 0 Å². The second-order valence-corrected chi connectivity index (χ2v) is 19.4. The molecule has 1 aliphatic carbocycles. The van der Waals surface area contributed by atoms with Crippen LogP contribution in [0.5, 0.6) is 0 Å². The lowest BCUT2D eigenvalue weighted by Crippen LogP contribution is -2.46. The molecule has 4 N–H and O–H groups in total. The second kappa shape index (κ2) is 25.1. The van der Waals surface area contributed by atoms with Crippen molar-refractivity contribution in [3.8, 4) is 11.1 Å². The van der Waals surface area contributed by atoms with Gasteiger partial charge in [-0.05, 0) is 99.9 Å². The van der Waals surface area contributed by atoms with Gasteiger partial charge in [-0.25, -0.2) is 9.78 Å². The highest BCUT2D eigenvalue weighted by Gasteiger charge is 2.32. The number of imide groups is 1. The van der Waals surface area contributed by atoms with Gasteiger partial charge in [0.1, 0.15) is 11.7 Å². The standard InChI is InChI=1S/C53H74N10O7/c1-3-4-24-55-52-56-35-43-44(37-62(50(43)58-52)41-18-20-42(64)21-19-41)39-16-14-38(15-17-39)36-61-29-27-60(28-30-61)26-6-13-47(65)54-25-8-32-70-34-9-33-69-31-7-11-40-10-5-12-45-49(40)59(2)53(68)63(45)46-22-23-48(66)57-51(46)67/h5,10,12,14-17,35,37,41-42,46,64H,3-4,6-9,11,13,18-34,36H2,1-2H3,(H,54,65)(H,55,56,58)(H,57,66,67)/t41-,42-,46?. The number of aromatic nitrogens is 5. The highest BCUT2D eigenvalue weighted by atomic mass is 16.5. The Balaban J connectivity index is 0.660. The quantitative estimate of drug-likeness (QED) is 0.0403. The summed E-state index contributed by atoms with van der Waals surface area (Å²) in [6.07, 6.45) is 14.7.